The predicted octanol–water partition coefficient (Wildman–Crippen LogP) is 0.593. The van der Waals surface area contributed by atoms with Crippen molar-refractivity contribution in [2.24, 2.45) is 0 Å². The molecule has 2 rings (SSSR count). The van der Waals surface area contributed by atoms with Crippen molar-refractivity contribution in [1.29, 1.82) is 0 Å². The van der Waals surface area contributed by atoms with Gasteiger partial charge in [-0.25, -0.2) is 8.42 Å². The van der Waals surface area contributed by atoms with Gasteiger partial charge in [-0.3, -0.25) is 4.79 Å². The quantitative estimate of drug-likeness (QED) is 0.703. The van der Waals surface area contributed by atoms with Gasteiger partial charge in [0.15, 0.2) is 9.84 Å². The van der Waals surface area contributed by atoms with Crippen molar-refractivity contribution in [2.45, 2.75) is 38.2 Å². The van der Waals surface area contributed by atoms with Crippen LogP contribution in [0.25, 0.3) is 0 Å². The van der Waals surface area contributed by atoms with Crippen LogP contribution in [0.2, 0.25) is 0 Å². The SMILES string of the molecule is O=C(CCN1CCS(=O)(=O)CC1)OC1CCCC1. The number of rotatable bonds is 4. The highest BCUT2D eigenvalue weighted by Crippen LogP contribution is 2.21. The first-order valence-corrected chi connectivity index (χ1v) is 8.49. The molecule has 1 heterocycles. The molecule has 0 amide bonds. The smallest absolute Gasteiger partial charge is 0.307 e. The van der Waals surface area contributed by atoms with E-state index in [2.05, 4.69) is 0 Å². The molecule has 1 saturated heterocycles. The lowest BCUT2D eigenvalue weighted by molar-refractivity contribution is -0.149. The molecular weight excluding hydrogens is 254 g/mol. The molecule has 2 fully saturated rings. The molecule has 0 N–H and O–H groups in total. The molecule has 0 radical (unpaired) electrons. The Hall–Kier alpha value is -0.620. The summed E-state index contributed by atoms with van der Waals surface area (Å²) in [5.41, 5.74) is 0. The van der Waals surface area contributed by atoms with Crippen LogP contribution in [0.1, 0.15) is 32.1 Å². The topological polar surface area (TPSA) is 63.7 Å². The van der Waals surface area contributed by atoms with Crippen molar-refractivity contribution in [3.8, 4) is 0 Å². The molecule has 1 saturated carbocycles. The standard InChI is InChI=1S/C12H21NO4S/c14-12(17-11-3-1-2-4-11)5-6-13-7-9-18(15,16)10-8-13/h11H,1-10H2. The fraction of sp³-hybridized carbons (Fsp3) is 0.917. The van der Waals surface area contributed by atoms with E-state index in [0.717, 1.165) is 25.7 Å². The van der Waals surface area contributed by atoms with Gasteiger partial charge in [0.05, 0.1) is 17.9 Å². The summed E-state index contributed by atoms with van der Waals surface area (Å²) in [4.78, 5) is 13.6. The maximum Gasteiger partial charge on any atom is 0.307 e. The van der Waals surface area contributed by atoms with Crippen molar-refractivity contribution < 1.29 is 17.9 Å². The first-order chi connectivity index (χ1) is 8.55. The zero-order valence-corrected chi connectivity index (χ0v) is 11.5. The van der Waals surface area contributed by atoms with Crippen LogP contribution in [-0.4, -0.2) is 56.5 Å². The van der Waals surface area contributed by atoms with Gasteiger partial charge in [0.25, 0.3) is 0 Å². The monoisotopic (exact) mass is 275 g/mol. The van der Waals surface area contributed by atoms with Crippen LogP contribution in [-0.2, 0) is 19.4 Å². The number of carbonyl (C=O) groups is 1. The first-order valence-electron chi connectivity index (χ1n) is 6.67. The molecule has 0 aromatic carbocycles. The van der Waals surface area contributed by atoms with Gasteiger partial charge in [0, 0.05) is 19.6 Å². The van der Waals surface area contributed by atoms with Gasteiger partial charge in [-0.2, -0.15) is 0 Å². The van der Waals surface area contributed by atoms with E-state index in [1.54, 1.807) is 0 Å². The maximum absolute atomic E-state index is 11.6. The summed E-state index contributed by atoms with van der Waals surface area (Å²) in [7, 11) is -2.83. The third kappa shape index (κ3) is 4.24. The molecule has 18 heavy (non-hydrogen) atoms. The Morgan fingerprint density at radius 2 is 1.78 bits per heavy atom. The molecule has 104 valence electrons. The number of sulfone groups is 1. The van der Waals surface area contributed by atoms with Crippen LogP contribution in [0.15, 0.2) is 0 Å². The van der Waals surface area contributed by atoms with Crippen molar-refractivity contribution in [3.05, 3.63) is 0 Å². The summed E-state index contributed by atoms with van der Waals surface area (Å²) >= 11 is 0. The lowest BCUT2D eigenvalue weighted by Gasteiger charge is -2.26. The number of hydrogen-bond acceptors (Lipinski definition) is 5. The van der Waals surface area contributed by atoms with Crippen LogP contribution in [0, 0.1) is 0 Å². The van der Waals surface area contributed by atoms with Gasteiger partial charge in [-0.1, -0.05) is 0 Å². The fourth-order valence-electron chi connectivity index (χ4n) is 2.47. The Kier molecular flexibility index (Phi) is 4.61. The fourth-order valence-corrected chi connectivity index (χ4v) is 3.75. The Balaban J connectivity index is 1.64. The Bertz CT molecular complexity index is 373. The predicted molar refractivity (Wildman–Crippen MR) is 68.1 cm³/mol. The number of hydrogen-bond donors (Lipinski definition) is 0. The van der Waals surface area contributed by atoms with Crippen molar-refractivity contribution in [2.75, 3.05) is 31.1 Å². The third-order valence-corrected chi connectivity index (χ3v) is 5.28. The molecule has 0 aromatic heterocycles. The summed E-state index contributed by atoms with van der Waals surface area (Å²) in [6, 6.07) is 0. The second kappa shape index (κ2) is 6.02. The molecule has 1 aliphatic carbocycles. The number of ether oxygens (including phenoxy) is 1. The Labute approximate surface area is 108 Å². The zero-order chi connectivity index (χ0) is 13.0. The van der Waals surface area contributed by atoms with Gasteiger partial charge in [0.2, 0.25) is 0 Å². The van der Waals surface area contributed by atoms with E-state index in [9.17, 15) is 13.2 Å². The van der Waals surface area contributed by atoms with Crippen LogP contribution in [0.4, 0.5) is 0 Å². The Morgan fingerprint density at radius 1 is 1.17 bits per heavy atom. The third-order valence-electron chi connectivity index (χ3n) is 3.67. The highest BCUT2D eigenvalue weighted by molar-refractivity contribution is 7.91. The zero-order valence-electron chi connectivity index (χ0n) is 10.6. The molecule has 5 nitrogen and oxygen atoms in total. The lowest BCUT2D eigenvalue weighted by atomic mass is 10.3. The largest absolute Gasteiger partial charge is 0.462 e. The number of esters is 1. The molecule has 2 aliphatic rings. The van der Waals surface area contributed by atoms with E-state index in [-0.39, 0.29) is 23.6 Å². The second-order valence-corrected chi connectivity index (χ2v) is 7.44. The van der Waals surface area contributed by atoms with Crippen LogP contribution in [0.3, 0.4) is 0 Å². The van der Waals surface area contributed by atoms with Crippen molar-refractivity contribution in [3.63, 3.8) is 0 Å². The highest BCUT2D eigenvalue weighted by atomic mass is 32.2. The number of nitrogens with zero attached hydrogens (tertiary/aromatic N) is 1. The summed E-state index contributed by atoms with van der Waals surface area (Å²) < 4.78 is 27.9. The minimum absolute atomic E-state index is 0.124. The molecule has 0 spiro atoms. The second-order valence-electron chi connectivity index (χ2n) is 5.14. The molecule has 0 atom stereocenters. The minimum Gasteiger partial charge on any atom is -0.462 e. The van der Waals surface area contributed by atoms with Gasteiger partial charge < -0.3 is 9.64 Å². The average Bonchev–Trinajstić information content (AvgIpc) is 2.80. The lowest BCUT2D eigenvalue weighted by Crippen LogP contribution is -2.41. The van der Waals surface area contributed by atoms with Gasteiger partial charge >= 0.3 is 5.97 Å². The van der Waals surface area contributed by atoms with Gasteiger partial charge in [-0.05, 0) is 25.7 Å². The normalized spacial score (nSPS) is 25.1. The molecular formula is C12H21NO4S. The molecule has 6 heteroatoms. The van der Waals surface area contributed by atoms with E-state index < -0.39 is 9.84 Å². The summed E-state index contributed by atoms with van der Waals surface area (Å²) in [5.74, 6) is 0.283. The van der Waals surface area contributed by atoms with E-state index in [4.69, 9.17) is 4.74 Å². The average molecular weight is 275 g/mol. The van der Waals surface area contributed by atoms with E-state index in [1.165, 1.54) is 0 Å². The maximum atomic E-state index is 11.6. The molecule has 0 bridgehead atoms. The van der Waals surface area contributed by atoms with Gasteiger partial charge in [0.1, 0.15) is 6.10 Å². The van der Waals surface area contributed by atoms with Crippen molar-refractivity contribution in [1.82, 2.24) is 4.90 Å². The first kappa shape index (κ1) is 13.8. The van der Waals surface area contributed by atoms with Crippen LogP contribution < -0.4 is 0 Å². The van der Waals surface area contributed by atoms with Crippen LogP contribution >= 0.6 is 0 Å². The number of carbonyl (C=O) groups excluding carboxylic acids is 1. The van der Waals surface area contributed by atoms with Gasteiger partial charge in [-0.15, -0.1) is 0 Å². The minimum atomic E-state index is -2.83. The molecule has 1 aliphatic heterocycles. The van der Waals surface area contributed by atoms with E-state index in [0.29, 0.717) is 26.1 Å². The summed E-state index contributed by atoms with van der Waals surface area (Å²) in [6.07, 6.45) is 4.79. The highest BCUT2D eigenvalue weighted by Gasteiger charge is 2.23. The van der Waals surface area contributed by atoms with E-state index in [1.807, 2.05) is 4.90 Å². The van der Waals surface area contributed by atoms with Crippen LogP contribution in [0.5, 0.6) is 0 Å². The van der Waals surface area contributed by atoms with Crippen molar-refractivity contribution >= 4 is 15.8 Å². The van der Waals surface area contributed by atoms with E-state index >= 15 is 0 Å². The molecule has 0 aromatic rings. The Morgan fingerprint density at radius 3 is 2.39 bits per heavy atom. The summed E-state index contributed by atoms with van der Waals surface area (Å²) in [6.45, 7) is 1.69. The summed E-state index contributed by atoms with van der Waals surface area (Å²) in [5, 5.41) is 0. The molecule has 0 unspecified atom stereocenters.